The number of benzene rings is 2. The molecule has 2 aromatic rings. The first-order valence-electron chi connectivity index (χ1n) is 15.1. The van der Waals surface area contributed by atoms with Crippen LogP contribution in [-0.4, -0.2) is 92.0 Å². The van der Waals surface area contributed by atoms with Crippen molar-refractivity contribution in [2.45, 2.75) is 94.7 Å². The van der Waals surface area contributed by atoms with Gasteiger partial charge in [0, 0.05) is 25.9 Å². The standard InChI is InChI=1S/C33H44N4O6/c1-22(38)27(34)29(41)36-18-11-17-33(36,21-26-14-8-5-9-15-26)31(43)37-19-10-16-32(37,20-25-12-6-4-7-13-25)30(42)35-28(23(2)39)24(3)40/h4-9,12-15,22-23,27-28,38-39H,10-11,16-21,34H2,1-3H3,(H,35,42)/t22-,23-,27+,28+,32?,33?/m1/s1. The number of hydrogen-bond donors (Lipinski definition) is 4. The number of carbonyl (C=O) groups excluding carboxylic acids is 4. The van der Waals surface area contributed by atoms with Gasteiger partial charge in [-0.05, 0) is 57.6 Å². The molecule has 232 valence electrons. The number of aliphatic hydroxyl groups is 2. The van der Waals surface area contributed by atoms with Gasteiger partial charge in [-0.1, -0.05) is 60.7 Å². The molecule has 6 atom stereocenters. The van der Waals surface area contributed by atoms with Crippen LogP contribution < -0.4 is 11.1 Å². The molecule has 0 radical (unpaired) electrons. The molecule has 0 spiro atoms. The normalized spacial score (nSPS) is 24.7. The van der Waals surface area contributed by atoms with Crippen LogP contribution in [0, 0.1) is 0 Å². The molecule has 5 N–H and O–H groups in total. The Labute approximate surface area is 253 Å². The van der Waals surface area contributed by atoms with Crippen LogP contribution in [0.2, 0.25) is 0 Å². The Morgan fingerprint density at radius 1 is 0.814 bits per heavy atom. The molecule has 3 amide bonds. The zero-order chi connectivity index (χ0) is 31.4. The molecule has 0 aromatic heterocycles. The molecule has 0 saturated carbocycles. The fraction of sp³-hybridized carbons (Fsp3) is 0.515. The molecule has 4 rings (SSSR count). The third kappa shape index (κ3) is 6.51. The summed E-state index contributed by atoms with van der Waals surface area (Å²) in [4.78, 5) is 58.6. The fourth-order valence-corrected chi connectivity index (χ4v) is 6.70. The monoisotopic (exact) mass is 592 g/mol. The first kappa shape index (κ1) is 32.3. The summed E-state index contributed by atoms with van der Waals surface area (Å²) in [5.74, 6) is -1.79. The van der Waals surface area contributed by atoms with Gasteiger partial charge in [0.15, 0.2) is 5.78 Å². The molecule has 0 bridgehead atoms. The molecular weight excluding hydrogens is 548 g/mol. The van der Waals surface area contributed by atoms with E-state index in [9.17, 15) is 24.6 Å². The van der Waals surface area contributed by atoms with Gasteiger partial charge < -0.3 is 31.1 Å². The highest BCUT2D eigenvalue weighted by molar-refractivity contribution is 6.00. The van der Waals surface area contributed by atoms with Crippen LogP contribution in [0.5, 0.6) is 0 Å². The van der Waals surface area contributed by atoms with Crippen molar-refractivity contribution in [2.75, 3.05) is 13.1 Å². The van der Waals surface area contributed by atoms with E-state index in [2.05, 4.69) is 5.32 Å². The summed E-state index contributed by atoms with van der Waals surface area (Å²) >= 11 is 0. The topological polar surface area (TPSA) is 153 Å². The Balaban J connectivity index is 1.82. The van der Waals surface area contributed by atoms with Crippen molar-refractivity contribution in [3.63, 3.8) is 0 Å². The van der Waals surface area contributed by atoms with E-state index < -0.39 is 53.0 Å². The van der Waals surface area contributed by atoms with Gasteiger partial charge in [-0.15, -0.1) is 0 Å². The third-order valence-electron chi connectivity index (χ3n) is 9.00. The van der Waals surface area contributed by atoms with E-state index in [1.54, 1.807) is 4.90 Å². The maximum Gasteiger partial charge on any atom is 0.249 e. The highest BCUT2D eigenvalue weighted by Crippen LogP contribution is 2.41. The minimum absolute atomic E-state index is 0.193. The number of rotatable bonds is 11. The van der Waals surface area contributed by atoms with Crippen LogP contribution in [0.3, 0.4) is 0 Å². The van der Waals surface area contributed by atoms with E-state index >= 15 is 4.79 Å². The van der Waals surface area contributed by atoms with Crippen molar-refractivity contribution in [3.05, 3.63) is 71.8 Å². The number of Topliss-reactive ketones (excluding diaryl/α,β-unsaturated/α-hetero) is 1. The Bertz CT molecular complexity index is 1300. The predicted octanol–water partition coefficient (Wildman–Crippen LogP) is 1.36. The molecule has 10 heteroatoms. The second kappa shape index (κ2) is 13.4. The molecule has 2 aromatic carbocycles. The maximum atomic E-state index is 15.1. The summed E-state index contributed by atoms with van der Waals surface area (Å²) in [6.45, 7) is 4.76. The van der Waals surface area contributed by atoms with Gasteiger partial charge in [-0.2, -0.15) is 0 Å². The summed E-state index contributed by atoms with van der Waals surface area (Å²) in [6.07, 6.45) is -0.0433. The number of carbonyl (C=O) groups is 4. The van der Waals surface area contributed by atoms with Gasteiger partial charge in [-0.25, -0.2) is 0 Å². The van der Waals surface area contributed by atoms with E-state index in [0.29, 0.717) is 25.7 Å². The van der Waals surface area contributed by atoms with Gasteiger partial charge in [0.1, 0.15) is 23.2 Å². The number of nitrogens with one attached hydrogen (secondary N) is 1. The summed E-state index contributed by atoms with van der Waals surface area (Å²) in [7, 11) is 0. The second-order valence-electron chi connectivity index (χ2n) is 12.1. The highest BCUT2D eigenvalue weighted by atomic mass is 16.3. The predicted molar refractivity (Wildman–Crippen MR) is 162 cm³/mol. The highest BCUT2D eigenvalue weighted by Gasteiger charge is 2.58. The summed E-state index contributed by atoms with van der Waals surface area (Å²) in [6, 6.07) is 16.5. The number of nitrogens with zero attached hydrogens (tertiary/aromatic N) is 2. The second-order valence-corrected chi connectivity index (χ2v) is 12.1. The lowest BCUT2D eigenvalue weighted by Gasteiger charge is -2.46. The molecule has 2 aliphatic heterocycles. The third-order valence-corrected chi connectivity index (χ3v) is 9.00. The van der Waals surface area contributed by atoms with Crippen molar-refractivity contribution >= 4 is 23.5 Å². The largest absolute Gasteiger partial charge is 0.391 e. The molecule has 2 heterocycles. The van der Waals surface area contributed by atoms with Crippen molar-refractivity contribution in [3.8, 4) is 0 Å². The minimum atomic E-state index is -1.37. The number of hydrogen-bond acceptors (Lipinski definition) is 7. The number of nitrogens with two attached hydrogens (primary N) is 1. The average molecular weight is 593 g/mol. The number of aliphatic hydroxyl groups excluding tert-OH is 2. The van der Waals surface area contributed by atoms with Crippen LogP contribution in [-0.2, 0) is 32.0 Å². The number of amides is 3. The summed E-state index contributed by atoms with van der Waals surface area (Å²) in [5.41, 5.74) is 5.12. The maximum absolute atomic E-state index is 15.1. The van der Waals surface area contributed by atoms with E-state index in [-0.39, 0.29) is 31.8 Å². The summed E-state index contributed by atoms with van der Waals surface area (Å²) in [5, 5.41) is 23.2. The van der Waals surface area contributed by atoms with Gasteiger partial charge in [0.2, 0.25) is 17.7 Å². The average Bonchev–Trinajstić information content (AvgIpc) is 3.61. The zero-order valence-electron chi connectivity index (χ0n) is 25.2. The fourth-order valence-electron chi connectivity index (χ4n) is 6.70. The van der Waals surface area contributed by atoms with E-state index in [0.717, 1.165) is 11.1 Å². The molecule has 2 saturated heterocycles. The Morgan fingerprint density at radius 2 is 1.30 bits per heavy atom. The Morgan fingerprint density at radius 3 is 1.79 bits per heavy atom. The lowest BCUT2D eigenvalue weighted by molar-refractivity contribution is -0.159. The summed E-state index contributed by atoms with van der Waals surface area (Å²) < 4.78 is 0. The van der Waals surface area contributed by atoms with Crippen LogP contribution >= 0.6 is 0 Å². The van der Waals surface area contributed by atoms with Gasteiger partial charge >= 0.3 is 0 Å². The zero-order valence-corrected chi connectivity index (χ0v) is 25.2. The lowest BCUT2D eigenvalue weighted by atomic mass is 9.82. The van der Waals surface area contributed by atoms with Gasteiger partial charge in [0.25, 0.3) is 0 Å². The molecule has 2 fully saturated rings. The van der Waals surface area contributed by atoms with Crippen molar-refractivity contribution < 1.29 is 29.4 Å². The van der Waals surface area contributed by atoms with Crippen molar-refractivity contribution in [1.82, 2.24) is 15.1 Å². The van der Waals surface area contributed by atoms with Gasteiger partial charge in [-0.3, -0.25) is 19.2 Å². The molecular formula is C33H44N4O6. The SMILES string of the molecule is CC(=O)[C@@H](NC(=O)C1(Cc2ccccc2)CCCN1C(=O)C1(Cc2ccccc2)CCCN1C(=O)[C@@H](N)[C@@H](C)O)[C@@H](C)O. The Kier molecular flexibility index (Phi) is 10.0. The molecule has 10 nitrogen and oxygen atoms in total. The molecule has 43 heavy (non-hydrogen) atoms. The molecule has 2 aliphatic rings. The quantitative estimate of drug-likeness (QED) is 0.307. The Hall–Kier alpha value is -3.60. The van der Waals surface area contributed by atoms with E-state index in [1.165, 1.54) is 25.7 Å². The van der Waals surface area contributed by atoms with Crippen LogP contribution in [0.1, 0.15) is 57.6 Å². The van der Waals surface area contributed by atoms with Crippen molar-refractivity contribution in [2.24, 2.45) is 5.73 Å². The van der Waals surface area contributed by atoms with Crippen LogP contribution in [0.15, 0.2) is 60.7 Å². The first-order valence-corrected chi connectivity index (χ1v) is 15.1. The van der Waals surface area contributed by atoms with Gasteiger partial charge in [0.05, 0.1) is 12.2 Å². The van der Waals surface area contributed by atoms with E-state index in [4.69, 9.17) is 5.73 Å². The minimum Gasteiger partial charge on any atom is -0.391 e. The molecule has 0 aliphatic carbocycles. The first-order chi connectivity index (χ1) is 20.4. The number of ketones is 1. The smallest absolute Gasteiger partial charge is 0.249 e. The molecule has 2 unspecified atom stereocenters. The van der Waals surface area contributed by atoms with Crippen LogP contribution in [0.4, 0.5) is 0 Å². The van der Waals surface area contributed by atoms with Crippen molar-refractivity contribution in [1.29, 1.82) is 0 Å². The van der Waals surface area contributed by atoms with E-state index in [1.807, 2.05) is 60.7 Å². The van der Waals surface area contributed by atoms with Crippen LogP contribution in [0.25, 0.3) is 0 Å². The number of likely N-dealkylation sites (tertiary alicyclic amines) is 2. The lowest BCUT2D eigenvalue weighted by Crippen LogP contribution is -2.68.